The average molecular weight is 262 g/mol. The predicted octanol–water partition coefficient (Wildman–Crippen LogP) is 2.48. The SMILES string of the molecule is FC(F)(F)COCCn1ccc(C(F)(F)F)n1. The minimum atomic E-state index is -4.56. The first kappa shape index (κ1) is 13.8. The van der Waals surface area contributed by atoms with Gasteiger partial charge in [0.1, 0.15) is 6.61 Å². The second kappa shape index (κ2) is 4.94. The lowest BCUT2D eigenvalue weighted by Crippen LogP contribution is -2.19. The second-order valence-electron chi connectivity index (χ2n) is 3.13. The summed E-state index contributed by atoms with van der Waals surface area (Å²) in [6.07, 6.45) is -7.97. The number of hydrogen-bond donors (Lipinski definition) is 0. The van der Waals surface area contributed by atoms with Gasteiger partial charge in [-0.05, 0) is 6.07 Å². The van der Waals surface area contributed by atoms with Crippen molar-refractivity contribution in [3.05, 3.63) is 18.0 Å². The molecule has 0 aliphatic heterocycles. The van der Waals surface area contributed by atoms with Crippen LogP contribution in [0.25, 0.3) is 0 Å². The van der Waals surface area contributed by atoms with E-state index in [-0.39, 0.29) is 13.2 Å². The lowest BCUT2D eigenvalue weighted by molar-refractivity contribution is -0.174. The van der Waals surface area contributed by atoms with Crippen LogP contribution < -0.4 is 0 Å². The fourth-order valence-corrected chi connectivity index (χ4v) is 0.983. The van der Waals surface area contributed by atoms with Crippen LogP contribution in [0.1, 0.15) is 5.69 Å². The number of alkyl halides is 6. The van der Waals surface area contributed by atoms with E-state index >= 15 is 0 Å². The fraction of sp³-hybridized carbons (Fsp3) is 0.625. The molecular formula is C8H8F6N2O. The van der Waals surface area contributed by atoms with E-state index in [0.29, 0.717) is 0 Å². The van der Waals surface area contributed by atoms with Crippen LogP contribution >= 0.6 is 0 Å². The molecule has 1 heterocycles. The molecule has 17 heavy (non-hydrogen) atoms. The third-order valence-corrected chi connectivity index (χ3v) is 1.66. The number of rotatable bonds is 4. The van der Waals surface area contributed by atoms with Crippen LogP contribution in [0.15, 0.2) is 12.3 Å². The third kappa shape index (κ3) is 5.07. The van der Waals surface area contributed by atoms with Crippen LogP contribution in [0.3, 0.4) is 0 Å². The Hall–Kier alpha value is -1.25. The molecule has 3 nitrogen and oxygen atoms in total. The number of nitrogens with zero attached hydrogens (tertiary/aromatic N) is 2. The zero-order valence-corrected chi connectivity index (χ0v) is 8.35. The normalized spacial score (nSPS) is 13.1. The smallest absolute Gasteiger partial charge is 0.370 e. The van der Waals surface area contributed by atoms with Gasteiger partial charge in [-0.1, -0.05) is 0 Å². The Balaban J connectivity index is 2.36. The summed E-state index contributed by atoms with van der Waals surface area (Å²) < 4.78 is 76.3. The minimum Gasteiger partial charge on any atom is -0.370 e. The second-order valence-corrected chi connectivity index (χ2v) is 3.13. The lowest BCUT2D eigenvalue weighted by atomic mass is 10.4. The highest BCUT2D eigenvalue weighted by atomic mass is 19.4. The van der Waals surface area contributed by atoms with E-state index in [0.717, 1.165) is 16.9 Å². The highest BCUT2D eigenvalue weighted by molar-refractivity contribution is 5.03. The van der Waals surface area contributed by atoms with Crippen LogP contribution in [-0.4, -0.2) is 29.2 Å². The standard InChI is InChI=1S/C8H8F6N2O/c9-7(10,11)5-17-4-3-16-2-1-6(15-16)8(12,13)14/h1-2H,3-5H2. The van der Waals surface area contributed by atoms with Crippen molar-refractivity contribution in [3.8, 4) is 0 Å². The van der Waals surface area contributed by atoms with Gasteiger partial charge in [-0.25, -0.2) is 0 Å². The largest absolute Gasteiger partial charge is 0.435 e. The van der Waals surface area contributed by atoms with Crippen LogP contribution in [0.4, 0.5) is 26.3 Å². The van der Waals surface area contributed by atoms with Crippen LogP contribution in [0.2, 0.25) is 0 Å². The Bertz CT molecular complexity index is 356. The van der Waals surface area contributed by atoms with E-state index < -0.39 is 24.7 Å². The molecule has 0 radical (unpaired) electrons. The maximum absolute atomic E-state index is 12.1. The van der Waals surface area contributed by atoms with Gasteiger partial charge in [0.05, 0.1) is 13.2 Å². The van der Waals surface area contributed by atoms with E-state index in [2.05, 4.69) is 9.84 Å². The fourth-order valence-electron chi connectivity index (χ4n) is 0.983. The Kier molecular flexibility index (Phi) is 4.02. The van der Waals surface area contributed by atoms with E-state index in [1.807, 2.05) is 0 Å². The maximum Gasteiger partial charge on any atom is 0.435 e. The van der Waals surface area contributed by atoms with Crippen molar-refractivity contribution in [3.63, 3.8) is 0 Å². The highest BCUT2D eigenvalue weighted by Crippen LogP contribution is 2.27. The van der Waals surface area contributed by atoms with Gasteiger partial charge in [0.15, 0.2) is 5.69 Å². The molecule has 9 heteroatoms. The van der Waals surface area contributed by atoms with E-state index in [4.69, 9.17) is 0 Å². The van der Waals surface area contributed by atoms with Crippen LogP contribution in [-0.2, 0) is 17.5 Å². The van der Waals surface area contributed by atoms with Crippen molar-refractivity contribution in [1.29, 1.82) is 0 Å². The van der Waals surface area contributed by atoms with Crippen molar-refractivity contribution in [2.75, 3.05) is 13.2 Å². The number of halogens is 6. The monoisotopic (exact) mass is 262 g/mol. The number of hydrogen-bond acceptors (Lipinski definition) is 2. The summed E-state index contributed by atoms with van der Waals surface area (Å²) in [6.45, 7) is -1.97. The van der Waals surface area contributed by atoms with Crippen molar-refractivity contribution in [1.82, 2.24) is 9.78 Å². The van der Waals surface area contributed by atoms with E-state index in [9.17, 15) is 26.3 Å². The molecule has 0 fully saturated rings. The molecule has 0 aliphatic rings. The number of aromatic nitrogens is 2. The molecular weight excluding hydrogens is 254 g/mol. The highest BCUT2D eigenvalue weighted by Gasteiger charge is 2.33. The zero-order chi connectivity index (χ0) is 13.1. The molecule has 0 aromatic carbocycles. The minimum absolute atomic E-state index is 0.174. The first-order chi connectivity index (χ1) is 7.68. The molecule has 0 N–H and O–H groups in total. The Morgan fingerprint density at radius 2 is 1.82 bits per heavy atom. The molecule has 1 aromatic rings. The first-order valence-corrected chi connectivity index (χ1v) is 4.43. The van der Waals surface area contributed by atoms with Crippen LogP contribution in [0.5, 0.6) is 0 Å². The van der Waals surface area contributed by atoms with Gasteiger partial charge in [0.25, 0.3) is 0 Å². The molecule has 0 saturated carbocycles. The van der Waals surface area contributed by atoms with Gasteiger partial charge in [0.2, 0.25) is 0 Å². The topological polar surface area (TPSA) is 27.1 Å². The Labute approximate surface area is 92.0 Å². The molecule has 0 saturated heterocycles. The summed E-state index contributed by atoms with van der Waals surface area (Å²) in [5, 5.41) is 3.15. The zero-order valence-electron chi connectivity index (χ0n) is 8.35. The van der Waals surface area contributed by atoms with Crippen molar-refractivity contribution < 1.29 is 31.1 Å². The molecule has 0 atom stereocenters. The van der Waals surface area contributed by atoms with Gasteiger partial charge in [-0.15, -0.1) is 0 Å². The predicted molar refractivity (Wildman–Crippen MR) is 44.1 cm³/mol. The summed E-state index contributed by atoms with van der Waals surface area (Å²) in [4.78, 5) is 0. The van der Waals surface area contributed by atoms with Gasteiger partial charge < -0.3 is 4.74 Å². The maximum atomic E-state index is 12.1. The summed E-state index contributed by atoms with van der Waals surface area (Å²) in [6, 6.07) is 0.740. The average Bonchev–Trinajstić information content (AvgIpc) is 2.58. The molecule has 0 spiro atoms. The van der Waals surface area contributed by atoms with Gasteiger partial charge >= 0.3 is 12.4 Å². The quantitative estimate of drug-likeness (QED) is 0.615. The van der Waals surface area contributed by atoms with Gasteiger partial charge in [-0.2, -0.15) is 31.4 Å². The van der Waals surface area contributed by atoms with E-state index in [1.165, 1.54) is 0 Å². The molecule has 0 bridgehead atoms. The van der Waals surface area contributed by atoms with E-state index in [1.54, 1.807) is 0 Å². The first-order valence-electron chi connectivity index (χ1n) is 4.43. The summed E-state index contributed by atoms with van der Waals surface area (Å²) in [5.74, 6) is 0. The molecule has 0 amide bonds. The van der Waals surface area contributed by atoms with Crippen molar-refractivity contribution >= 4 is 0 Å². The molecule has 0 aliphatic carbocycles. The Morgan fingerprint density at radius 1 is 1.18 bits per heavy atom. The van der Waals surface area contributed by atoms with Gasteiger partial charge in [-0.3, -0.25) is 4.68 Å². The van der Waals surface area contributed by atoms with Crippen molar-refractivity contribution in [2.45, 2.75) is 18.9 Å². The summed E-state index contributed by atoms with van der Waals surface area (Å²) >= 11 is 0. The van der Waals surface area contributed by atoms with Crippen LogP contribution in [0, 0.1) is 0 Å². The lowest BCUT2D eigenvalue weighted by Gasteiger charge is -2.07. The Morgan fingerprint density at radius 3 is 2.29 bits per heavy atom. The molecule has 98 valence electrons. The molecule has 0 unspecified atom stereocenters. The van der Waals surface area contributed by atoms with Gasteiger partial charge in [0, 0.05) is 6.20 Å². The summed E-state index contributed by atoms with van der Waals surface area (Å²) in [5.41, 5.74) is -1.09. The number of ether oxygens (including phenoxy) is 1. The molecule has 1 rings (SSSR count). The third-order valence-electron chi connectivity index (χ3n) is 1.66. The molecule has 1 aromatic heterocycles. The summed E-state index contributed by atoms with van der Waals surface area (Å²) in [7, 11) is 0. The van der Waals surface area contributed by atoms with Crippen molar-refractivity contribution in [2.24, 2.45) is 0 Å².